The topological polar surface area (TPSA) is 131 Å². The molecule has 0 aromatic heterocycles. The van der Waals surface area contributed by atoms with Crippen LogP contribution in [0.25, 0.3) is 6.08 Å². The summed E-state index contributed by atoms with van der Waals surface area (Å²) < 4.78 is 16.3. The number of carboxylic acid groups (broad SMARTS) is 1. The second-order valence-electron chi connectivity index (χ2n) is 8.25. The Bertz CT molecular complexity index is 1450. The van der Waals surface area contributed by atoms with E-state index in [0.717, 1.165) is 16.7 Å². The van der Waals surface area contributed by atoms with Gasteiger partial charge >= 0.3 is 5.97 Å². The number of nitrogens with one attached hydrogen (secondary N) is 1. The fourth-order valence-corrected chi connectivity index (χ4v) is 4.49. The lowest BCUT2D eigenvalue weighted by Gasteiger charge is -2.13. The normalized spacial score (nSPS) is 13.9. The van der Waals surface area contributed by atoms with E-state index in [1.807, 2.05) is 0 Å². The Kier molecular flexibility index (Phi) is 8.52. The van der Waals surface area contributed by atoms with Crippen LogP contribution in [-0.4, -0.2) is 53.8 Å². The molecule has 1 aliphatic heterocycles. The van der Waals surface area contributed by atoms with Gasteiger partial charge in [0.05, 0.1) is 24.7 Å². The highest BCUT2D eigenvalue weighted by Gasteiger charge is 2.36. The standard InChI is InChI=1S/C28H24N2O8S/c1-36-21-9-7-20(8-10-21)29-25(31)15-30-26(32)24(39-28(30)35)14-17-6-11-22(23(13-17)37-2)38-16-18-4-3-5-19(12-18)27(33)34/h3-14H,15-16H2,1-2H3,(H,29,31)(H,33,34)/b24-14+. The van der Waals surface area contributed by atoms with Crippen molar-refractivity contribution in [3.05, 3.63) is 88.3 Å². The minimum absolute atomic E-state index is 0.119. The van der Waals surface area contributed by atoms with Crippen LogP contribution in [0.1, 0.15) is 21.5 Å². The number of methoxy groups -OCH3 is 2. The lowest BCUT2D eigenvalue weighted by molar-refractivity contribution is -0.127. The number of hydrogen-bond acceptors (Lipinski definition) is 8. The average molecular weight is 549 g/mol. The fourth-order valence-electron chi connectivity index (χ4n) is 3.65. The molecule has 11 heteroatoms. The van der Waals surface area contributed by atoms with E-state index in [1.54, 1.807) is 54.6 Å². The fraction of sp³-hybridized carbons (Fsp3) is 0.143. The van der Waals surface area contributed by atoms with Crippen molar-refractivity contribution in [2.45, 2.75) is 6.61 Å². The zero-order valence-corrected chi connectivity index (χ0v) is 21.8. The van der Waals surface area contributed by atoms with Crippen molar-refractivity contribution in [3.63, 3.8) is 0 Å². The third kappa shape index (κ3) is 6.76. The Balaban J connectivity index is 1.41. The highest BCUT2D eigenvalue weighted by Crippen LogP contribution is 2.35. The first-order chi connectivity index (χ1) is 18.8. The Morgan fingerprint density at radius 1 is 0.974 bits per heavy atom. The van der Waals surface area contributed by atoms with Crippen molar-refractivity contribution in [2.75, 3.05) is 26.1 Å². The van der Waals surface area contributed by atoms with Crippen molar-refractivity contribution in [2.24, 2.45) is 0 Å². The van der Waals surface area contributed by atoms with Gasteiger partial charge in [-0.1, -0.05) is 18.2 Å². The van der Waals surface area contributed by atoms with Crippen molar-refractivity contribution in [1.29, 1.82) is 0 Å². The highest BCUT2D eigenvalue weighted by molar-refractivity contribution is 8.18. The zero-order valence-electron chi connectivity index (χ0n) is 21.0. The molecule has 0 saturated carbocycles. The summed E-state index contributed by atoms with van der Waals surface area (Å²) in [4.78, 5) is 50.0. The number of aromatic carboxylic acids is 1. The number of ether oxygens (including phenoxy) is 3. The molecule has 2 N–H and O–H groups in total. The smallest absolute Gasteiger partial charge is 0.335 e. The number of carbonyl (C=O) groups is 4. The number of amides is 3. The van der Waals surface area contributed by atoms with Crippen LogP contribution in [0.3, 0.4) is 0 Å². The molecule has 0 radical (unpaired) electrons. The molecule has 1 aliphatic rings. The van der Waals surface area contributed by atoms with E-state index in [-0.39, 0.29) is 17.1 Å². The van der Waals surface area contributed by atoms with Crippen LogP contribution >= 0.6 is 11.8 Å². The number of thioether (sulfide) groups is 1. The molecule has 0 bridgehead atoms. The lowest BCUT2D eigenvalue weighted by Crippen LogP contribution is -2.36. The van der Waals surface area contributed by atoms with Crippen LogP contribution in [-0.2, 0) is 16.2 Å². The molecule has 1 saturated heterocycles. The summed E-state index contributed by atoms with van der Waals surface area (Å²) in [6.07, 6.45) is 1.54. The van der Waals surface area contributed by atoms with Crippen LogP contribution in [0.2, 0.25) is 0 Å². The summed E-state index contributed by atoms with van der Waals surface area (Å²) in [5.74, 6) is -0.685. The van der Waals surface area contributed by atoms with E-state index < -0.39 is 29.6 Å². The summed E-state index contributed by atoms with van der Waals surface area (Å²) in [6.45, 7) is -0.304. The highest BCUT2D eigenvalue weighted by atomic mass is 32.2. The van der Waals surface area contributed by atoms with Gasteiger partial charge in [-0.3, -0.25) is 19.3 Å². The first kappa shape index (κ1) is 27.3. The van der Waals surface area contributed by atoms with Crippen molar-refractivity contribution >= 4 is 46.5 Å². The molecule has 3 amide bonds. The number of rotatable bonds is 10. The van der Waals surface area contributed by atoms with E-state index >= 15 is 0 Å². The van der Waals surface area contributed by atoms with Gasteiger partial charge in [0, 0.05) is 5.69 Å². The quantitative estimate of drug-likeness (QED) is 0.347. The molecule has 39 heavy (non-hydrogen) atoms. The van der Waals surface area contributed by atoms with E-state index in [0.29, 0.717) is 34.1 Å². The third-order valence-electron chi connectivity index (χ3n) is 5.60. The number of carbonyl (C=O) groups excluding carboxylic acids is 3. The van der Waals surface area contributed by atoms with E-state index in [2.05, 4.69) is 5.32 Å². The van der Waals surface area contributed by atoms with Gasteiger partial charge in [0.15, 0.2) is 11.5 Å². The van der Waals surface area contributed by atoms with Crippen LogP contribution in [0.4, 0.5) is 10.5 Å². The van der Waals surface area contributed by atoms with Gasteiger partial charge < -0.3 is 24.6 Å². The minimum Gasteiger partial charge on any atom is -0.497 e. The zero-order chi connectivity index (χ0) is 27.9. The van der Waals surface area contributed by atoms with E-state index in [4.69, 9.17) is 19.3 Å². The predicted octanol–water partition coefficient (Wildman–Crippen LogP) is 4.66. The molecule has 1 heterocycles. The molecule has 3 aromatic carbocycles. The number of anilines is 1. The Hall–Kier alpha value is -4.77. The molecule has 0 unspecified atom stereocenters. The monoisotopic (exact) mass is 548 g/mol. The van der Waals surface area contributed by atoms with Crippen LogP contribution < -0.4 is 19.5 Å². The maximum absolute atomic E-state index is 12.9. The average Bonchev–Trinajstić information content (AvgIpc) is 3.19. The van der Waals surface area contributed by atoms with Crippen molar-refractivity contribution < 1.29 is 38.5 Å². The molecule has 200 valence electrons. The van der Waals surface area contributed by atoms with Gasteiger partial charge in [0.2, 0.25) is 5.91 Å². The largest absolute Gasteiger partial charge is 0.497 e. The van der Waals surface area contributed by atoms with Gasteiger partial charge in [-0.15, -0.1) is 0 Å². The molecule has 4 rings (SSSR count). The summed E-state index contributed by atoms with van der Waals surface area (Å²) >= 11 is 0.741. The van der Waals surface area contributed by atoms with Crippen molar-refractivity contribution in [1.82, 2.24) is 4.90 Å². The van der Waals surface area contributed by atoms with Crippen LogP contribution in [0.5, 0.6) is 17.2 Å². The number of imide groups is 1. The maximum Gasteiger partial charge on any atom is 0.335 e. The number of nitrogens with zero attached hydrogens (tertiary/aromatic N) is 1. The molecule has 1 fully saturated rings. The van der Waals surface area contributed by atoms with E-state index in [9.17, 15) is 19.2 Å². The first-order valence-electron chi connectivity index (χ1n) is 11.6. The Morgan fingerprint density at radius 3 is 2.44 bits per heavy atom. The number of benzene rings is 3. The molecular formula is C28H24N2O8S. The molecule has 0 atom stereocenters. The van der Waals surface area contributed by atoms with Crippen molar-refractivity contribution in [3.8, 4) is 17.2 Å². The van der Waals surface area contributed by atoms with Gasteiger partial charge in [-0.2, -0.15) is 0 Å². The van der Waals surface area contributed by atoms with Gasteiger partial charge in [-0.25, -0.2) is 4.79 Å². The lowest BCUT2D eigenvalue weighted by atomic mass is 10.1. The summed E-state index contributed by atoms with van der Waals surface area (Å²) in [5.41, 5.74) is 1.92. The number of carboxylic acids is 1. The molecular weight excluding hydrogens is 524 g/mol. The summed E-state index contributed by atoms with van der Waals surface area (Å²) in [6, 6.07) is 18.1. The third-order valence-corrected chi connectivity index (χ3v) is 6.51. The summed E-state index contributed by atoms with van der Waals surface area (Å²) in [7, 11) is 3.00. The van der Waals surface area contributed by atoms with Crippen LogP contribution in [0, 0.1) is 0 Å². The second-order valence-corrected chi connectivity index (χ2v) is 9.24. The first-order valence-corrected chi connectivity index (χ1v) is 12.4. The Labute approximate surface area is 228 Å². The molecule has 0 spiro atoms. The van der Waals surface area contributed by atoms with E-state index in [1.165, 1.54) is 32.4 Å². The SMILES string of the molecule is COc1ccc(NC(=O)CN2C(=O)S/C(=C/c3ccc(OCc4cccc(C(=O)O)c4)c(OC)c3)C2=O)cc1. The second kappa shape index (κ2) is 12.2. The minimum atomic E-state index is -1.03. The molecule has 3 aromatic rings. The van der Waals surface area contributed by atoms with Gasteiger partial charge in [0.1, 0.15) is 18.9 Å². The van der Waals surface area contributed by atoms with Crippen LogP contribution in [0.15, 0.2) is 71.6 Å². The predicted molar refractivity (Wildman–Crippen MR) is 145 cm³/mol. The maximum atomic E-state index is 12.9. The summed E-state index contributed by atoms with van der Waals surface area (Å²) in [5, 5.41) is 11.3. The molecule has 10 nitrogen and oxygen atoms in total. The molecule has 0 aliphatic carbocycles. The Morgan fingerprint density at radius 2 is 1.74 bits per heavy atom. The van der Waals surface area contributed by atoms with Gasteiger partial charge in [0.25, 0.3) is 11.1 Å². The number of hydrogen-bond donors (Lipinski definition) is 2. The van der Waals surface area contributed by atoms with Gasteiger partial charge in [-0.05, 0) is 77.5 Å².